The second-order valence-corrected chi connectivity index (χ2v) is 7.56. The normalized spacial score (nSPS) is 11.0. The molecule has 0 aliphatic carbocycles. The highest BCUT2D eigenvalue weighted by atomic mass is 35.5. The van der Waals surface area contributed by atoms with Gasteiger partial charge in [0.15, 0.2) is 0 Å². The topological polar surface area (TPSA) is 75.5 Å². The molecule has 0 radical (unpaired) electrons. The van der Waals surface area contributed by atoms with Crippen LogP contribution in [0.3, 0.4) is 0 Å². The van der Waals surface area contributed by atoms with E-state index in [1.807, 2.05) is 36.6 Å². The van der Waals surface area contributed by atoms with Crippen LogP contribution in [0.5, 0.6) is 0 Å². The number of benzene rings is 2. The van der Waals surface area contributed by atoms with Crippen molar-refractivity contribution in [1.29, 1.82) is 0 Å². The zero-order chi connectivity index (χ0) is 21.8. The van der Waals surface area contributed by atoms with E-state index in [0.717, 1.165) is 22.6 Å². The van der Waals surface area contributed by atoms with Crippen LogP contribution in [-0.4, -0.2) is 22.6 Å². The van der Waals surface area contributed by atoms with Gasteiger partial charge >= 0.3 is 11.8 Å². The quantitative estimate of drug-likeness (QED) is 0.319. The highest BCUT2D eigenvalue weighted by Gasteiger charge is 2.16. The largest absolute Gasteiger partial charge is 0.329 e. The van der Waals surface area contributed by atoms with E-state index in [1.165, 1.54) is 6.21 Å². The van der Waals surface area contributed by atoms with Gasteiger partial charge in [0.1, 0.15) is 0 Å². The van der Waals surface area contributed by atoms with Gasteiger partial charge in [0.05, 0.1) is 32.7 Å². The second-order valence-electron chi connectivity index (χ2n) is 6.37. The van der Waals surface area contributed by atoms with Crippen LogP contribution in [0.25, 0.3) is 5.69 Å². The molecule has 0 spiro atoms. The van der Waals surface area contributed by atoms with E-state index in [2.05, 4.69) is 15.8 Å². The van der Waals surface area contributed by atoms with Crippen LogP contribution in [0.1, 0.15) is 17.0 Å². The van der Waals surface area contributed by atoms with Gasteiger partial charge in [-0.1, -0.05) is 53.0 Å². The lowest BCUT2D eigenvalue weighted by atomic mass is 10.2. The maximum Gasteiger partial charge on any atom is 0.329 e. The third-order valence-electron chi connectivity index (χ3n) is 4.34. The summed E-state index contributed by atoms with van der Waals surface area (Å²) in [5, 5.41) is 7.53. The molecule has 154 valence electrons. The minimum absolute atomic E-state index is 0.328. The van der Waals surface area contributed by atoms with E-state index in [1.54, 1.807) is 30.3 Å². The number of carbonyl (C=O) groups is 2. The van der Waals surface area contributed by atoms with E-state index in [9.17, 15) is 9.59 Å². The van der Waals surface area contributed by atoms with Crippen LogP contribution in [0, 0.1) is 13.8 Å². The van der Waals surface area contributed by atoms with Crippen molar-refractivity contribution in [2.75, 3.05) is 5.32 Å². The van der Waals surface area contributed by atoms with Crippen molar-refractivity contribution in [3.05, 3.63) is 80.6 Å². The molecule has 2 amide bonds. The Balaban J connectivity index is 1.72. The van der Waals surface area contributed by atoms with Crippen LogP contribution in [0.2, 0.25) is 15.1 Å². The Morgan fingerprint density at radius 1 is 0.967 bits per heavy atom. The van der Waals surface area contributed by atoms with Crippen LogP contribution in [-0.2, 0) is 9.59 Å². The number of rotatable bonds is 4. The van der Waals surface area contributed by atoms with Gasteiger partial charge in [-0.05, 0) is 44.2 Å². The van der Waals surface area contributed by atoms with Crippen molar-refractivity contribution in [3.8, 4) is 5.69 Å². The van der Waals surface area contributed by atoms with Crippen molar-refractivity contribution >= 4 is 58.5 Å². The van der Waals surface area contributed by atoms with Gasteiger partial charge in [0.25, 0.3) is 0 Å². The number of hydrazone groups is 1. The van der Waals surface area contributed by atoms with Gasteiger partial charge in [-0.3, -0.25) is 9.59 Å². The summed E-state index contributed by atoms with van der Waals surface area (Å²) >= 11 is 18.4. The first-order valence-corrected chi connectivity index (χ1v) is 9.95. The summed E-state index contributed by atoms with van der Waals surface area (Å²) in [6.45, 7) is 3.80. The van der Waals surface area contributed by atoms with E-state index in [0.29, 0.717) is 20.8 Å². The van der Waals surface area contributed by atoms with Crippen LogP contribution in [0.15, 0.2) is 53.6 Å². The molecule has 1 heterocycles. The zero-order valence-electron chi connectivity index (χ0n) is 16.0. The summed E-state index contributed by atoms with van der Waals surface area (Å²) in [5.41, 5.74) is 5.77. The first-order chi connectivity index (χ1) is 14.3. The first kappa shape index (κ1) is 21.9. The molecule has 6 nitrogen and oxygen atoms in total. The maximum atomic E-state index is 12.0. The third kappa shape index (κ3) is 4.67. The first-order valence-electron chi connectivity index (χ1n) is 8.82. The number of para-hydroxylation sites is 1. The van der Waals surface area contributed by atoms with Crippen LogP contribution < -0.4 is 10.7 Å². The van der Waals surface area contributed by atoms with Gasteiger partial charge in [-0.15, -0.1) is 0 Å². The predicted molar refractivity (Wildman–Crippen MR) is 121 cm³/mol. The molecule has 0 unspecified atom stereocenters. The van der Waals surface area contributed by atoms with Gasteiger partial charge in [-0.25, -0.2) is 5.43 Å². The van der Waals surface area contributed by atoms with Gasteiger partial charge in [-0.2, -0.15) is 5.10 Å². The molecule has 0 saturated heterocycles. The molecule has 30 heavy (non-hydrogen) atoms. The number of halogens is 3. The molecule has 2 N–H and O–H groups in total. The molecule has 0 bridgehead atoms. The lowest BCUT2D eigenvalue weighted by Gasteiger charge is -2.12. The fraction of sp³-hybridized carbons (Fsp3) is 0.0952. The predicted octanol–water partition coefficient (Wildman–Crippen LogP) is 5.14. The fourth-order valence-corrected chi connectivity index (χ4v) is 3.47. The molecular weight excluding hydrogens is 447 g/mol. The van der Waals surface area contributed by atoms with Gasteiger partial charge < -0.3 is 9.88 Å². The van der Waals surface area contributed by atoms with Crippen LogP contribution >= 0.6 is 34.8 Å². The standard InChI is InChI=1S/C21H17Cl3N4O2/c1-12-10-14(13(2)28(12)18-9-5-7-16(23)19(18)24)11-25-27-21(30)20(29)26-17-8-4-3-6-15(17)22/h3-11H,1-2H3,(H,26,29)(H,27,30)/b25-11-. The number of amides is 2. The Morgan fingerprint density at radius 3 is 2.40 bits per heavy atom. The second kappa shape index (κ2) is 9.34. The van der Waals surface area contributed by atoms with Crippen molar-refractivity contribution in [1.82, 2.24) is 9.99 Å². The Kier molecular flexibility index (Phi) is 6.82. The number of nitrogens with zero attached hydrogens (tertiary/aromatic N) is 2. The third-order valence-corrected chi connectivity index (χ3v) is 5.48. The number of carbonyl (C=O) groups excluding carboxylic acids is 2. The molecule has 0 saturated carbocycles. The van der Waals surface area contributed by atoms with E-state index in [4.69, 9.17) is 34.8 Å². The average Bonchev–Trinajstić information content (AvgIpc) is 2.99. The molecule has 3 rings (SSSR count). The Bertz CT molecular complexity index is 1160. The molecule has 9 heteroatoms. The number of hydrogen-bond acceptors (Lipinski definition) is 3. The molecule has 0 aliphatic heterocycles. The van der Waals surface area contributed by atoms with Crippen LogP contribution in [0.4, 0.5) is 5.69 Å². The van der Waals surface area contributed by atoms with Gasteiger partial charge in [0, 0.05) is 17.0 Å². The number of hydrogen-bond donors (Lipinski definition) is 2. The van der Waals surface area contributed by atoms with Crippen molar-refractivity contribution in [3.63, 3.8) is 0 Å². The number of aromatic nitrogens is 1. The zero-order valence-corrected chi connectivity index (χ0v) is 18.3. The molecule has 0 fully saturated rings. The summed E-state index contributed by atoms with van der Waals surface area (Å²) in [5.74, 6) is -1.80. The fourth-order valence-electron chi connectivity index (χ4n) is 2.91. The summed E-state index contributed by atoms with van der Waals surface area (Å²) in [6, 6.07) is 13.9. The lowest BCUT2D eigenvalue weighted by molar-refractivity contribution is -0.136. The van der Waals surface area contributed by atoms with Crippen molar-refractivity contribution in [2.24, 2.45) is 5.10 Å². The lowest BCUT2D eigenvalue weighted by Crippen LogP contribution is -2.32. The van der Waals surface area contributed by atoms with E-state index in [-0.39, 0.29) is 0 Å². The Morgan fingerprint density at radius 2 is 1.67 bits per heavy atom. The summed E-state index contributed by atoms with van der Waals surface area (Å²) < 4.78 is 1.93. The van der Waals surface area contributed by atoms with Crippen molar-refractivity contribution < 1.29 is 9.59 Å². The molecular formula is C21H17Cl3N4O2. The number of aryl methyl sites for hydroxylation is 1. The Hall–Kier alpha value is -2.80. The SMILES string of the molecule is Cc1cc(/C=N\NC(=O)C(=O)Nc2ccccc2Cl)c(C)n1-c1cccc(Cl)c1Cl. The molecule has 0 aliphatic rings. The minimum atomic E-state index is -0.919. The smallest absolute Gasteiger partial charge is 0.316 e. The summed E-state index contributed by atoms with van der Waals surface area (Å²) in [4.78, 5) is 24.0. The monoisotopic (exact) mass is 462 g/mol. The van der Waals surface area contributed by atoms with Crippen molar-refractivity contribution in [2.45, 2.75) is 13.8 Å². The number of nitrogens with one attached hydrogen (secondary N) is 2. The maximum absolute atomic E-state index is 12.0. The van der Waals surface area contributed by atoms with E-state index < -0.39 is 11.8 Å². The number of anilines is 1. The summed E-state index contributed by atoms with van der Waals surface area (Å²) in [6.07, 6.45) is 1.46. The highest BCUT2D eigenvalue weighted by molar-refractivity contribution is 6.43. The Labute approximate surface area is 188 Å². The van der Waals surface area contributed by atoms with Gasteiger partial charge in [0.2, 0.25) is 0 Å². The minimum Gasteiger partial charge on any atom is -0.316 e. The van der Waals surface area contributed by atoms with E-state index >= 15 is 0 Å². The molecule has 0 atom stereocenters. The average molecular weight is 464 g/mol. The summed E-state index contributed by atoms with van der Waals surface area (Å²) in [7, 11) is 0. The molecule has 2 aromatic carbocycles. The highest BCUT2D eigenvalue weighted by Crippen LogP contribution is 2.31. The molecule has 1 aromatic heterocycles. The molecule has 3 aromatic rings.